The second kappa shape index (κ2) is 7.08. The molecule has 0 unspecified atom stereocenters. The lowest BCUT2D eigenvalue weighted by Gasteiger charge is -2.14. The summed E-state index contributed by atoms with van der Waals surface area (Å²) in [5.41, 5.74) is 1.56. The molecule has 8 heteroatoms. The number of rotatable bonds is 4. The highest BCUT2D eigenvalue weighted by Gasteiger charge is 2.22. The summed E-state index contributed by atoms with van der Waals surface area (Å²) in [6.07, 6.45) is 0.141. The van der Waals surface area contributed by atoms with Gasteiger partial charge in [-0.05, 0) is 54.4 Å². The van der Waals surface area contributed by atoms with Crippen molar-refractivity contribution in [1.82, 2.24) is 0 Å². The van der Waals surface area contributed by atoms with Gasteiger partial charge >= 0.3 is 10.1 Å². The Balaban J connectivity index is 2.29. The molecule has 0 heterocycles. The first kappa shape index (κ1) is 18.7. The van der Waals surface area contributed by atoms with E-state index in [4.69, 9.17) is 50.6 Å². The first-order valence-electron chi connectivity index (χ1n) is 6.43. The van der Waals surface area contributed by atoms with E-state index < -0.39 is 13.9 Å². The summed E-state index contributed by atoms with van der Waals surface area (Å²) in [7, 11) is -3.96. The van der Waals surface area contributed by atoms with Crippen LogP contribution in [0.2, 0.25) is 5.02 Å². The highest BCUT2D eigenvalue weighted by molar-refractivity contribution is 7.87. The molecule has 0 aliphatic heterocycles. The van der Waals surface area contributed by atoms with Gasteiger partial charge < -0.3 is 4.18 Å². The summed E-state index contributed by atoms with van der Waals surface area (Å²) in [6, 6.07) is 10.5. The van der Waals surface area contributed by atoms with Crippen molar-refractivity contribution in [3.63, 3.8) is 0 Å². The lowest BCUT2D eigenvalue weighted by atomic mass is 10.1. The maximum atomic E-state index is 12.3. The second-order valence-electron chi connectivity index (χ2n) is 4.87. The van der Waals surface area contributed by atoms with Gasteiger partial charge in [-0.15, -0.1) is 0 Å². The van der Waals surface area contributed by atoms with E-state index >= 15 is 0 Å². The lowest BCUT2D eigenvalue weighted by molar-refractivity contribution is 0.485. The van der Waals surface area contributed by atoms with Crippen molar-refractivity contribution in [2.24, 2.45) is 0 Å². The topological polar surface area (TPSA) is 43.4 Å². The molecule has 3 nitrogen and oxygen atoms in total. The monoisotopic (exact) mass is 412 g/mol. The number of hydrogen-bond acceptors (Lipinski definition) is 3. The third-order valence-electron chi connectivity index (χ3n) is 3.02. The molecule has 23 heavy (non-hydrogen) atoms. The molecule has 2 aromatic carbocycles. The zero-order valence-electron chi connectivity index (χ0n) is 11.9. The Morgan fingerprint density at radius 3 is 2.22 bits per heavy atom. The molecular weight excluding hydrogens is 402 g/mol. The minimum Gasteiger partial charge on any atom is -0.379 e. The summed E-state index contributed by atoms with van der Waals surface area (Å²) < 4.78 is 28.2. The zero-order valence-corrected chi connectivity index (χ0v) is 15.7. The summed E-state index contributed by atoms with van der Waals surface area (Å²) in [6.45, 7) is 1.84. The Morgan fingerprint density at radius 2 is 1.65 bits per heavy atom. The summed E-state index contributed by atoms with van der Waals surface area (Å²) in [4.78, 5) is 0.00500. The maximum absolute atomic E-state index is 12.3. The van der Waals surface area contributed by atoms with Gasteiger partial charge in [-0.25, -0.2) is 0 Å². The van der Waals surface area contributed by atoms with E-state index in [1.54, 1.807) is 18.2 Å². The van der Waals surface area contributed by atoms with E-state index in [0.29, 0.717) is 10.6 Å². The van der Waals surface area contributed by atoms with Gasteiger partial charge in [0, 0.05) is 11.4 Å². The number of alkyl halides is 3. The Labute approximate surface area is 155 Å². The van der Waals surface area contributed by atoms with E-state index in [1.165, 1.54) is 24.3 Å². The largest absolute Gasteiger partial charge is 0.379 e. The molecule has 0 N–H and O–H groups in total. The summed E-state index contributed by atoms with van der Waals surface area (Å²) in [5, 5.41) is 0.434. The van der Waals surface area contributed by atoms with E-state index in [-0.39, 0.29) is 17.1 Å². The van der Waals surface area contributed by atoms with Crippen LogP contribution >= 0.6 is 46.4 Å². The van der Waals surface area contributed by atoms with Gasteiger partial charge in [0.2, 0.25) is 0 Å². The minimum absolute atomic E-state index is 0.00500. The fourth-order valence-electron chi connectivity index (χ4n) is 1.88. The lowest BCUT2D eigenvalue weighted by Crippen LogP contribution is -2.11. The molecule has 0 saturated heterocycles. The van der Waals surface area contributed by atoms with Crippen molar-refractivity contribution in [3.8, 4) is 5.75 Å². The van der Waals surface area contributed by atoms with Crippen LogP contribution < -0.4 is 4.18 Å². The third-order valence-corrected chi connectivity index (χ3v) is 4.93. The first-order chi connectivity index (χ1) is 10.6. The van der Waals surface area contributed by atoms with E-state index in [9.17, 15) is 8.42 Å². The van der Waals surface area contributed by atoms with Gasteiger partial charge in [-0.1, -0.05) is 52.5 Å². The van der Waals surface area contributed by atoms with Crippen LogP contribution in [0.15, 0.2) is 47.4 Å². The normalized spacial score (nSPS) is 12.2. The van der Waals surface area contributed by atoms with Gasteiger partial charge in [0.1, 0.15) is 10.6 Å². The van der Waals surface area contributed by atoms with Crippen molar-refractivity contribution >= 4 is 56.5 Å². The predicted molar refractivity (Wildman–Crippen MR) is 94.4 cm³/mol. The van der Waals surface area contributed by atoms with Gasteiger partial charge in [0.15, 0.2) is 3.79 Å². The molecule has 2 rings (SSSR count). The second-order valence-corrected chi connectivity index (χ2v) is 9.37. The van der Waals surface area contributed by atoms with Crippen LogP contribution in [0.25, 0.3) is 0 Å². The Hall–Kier alpha value is -0.650. The molecule has 124 valence electrons. The molecule has 0 saturated carbocycles. The highest BCUT2D eigenvalue weighted by atomic mass is 35.6. The van der Waals surface area contributed by atoms with E-state index in [0.717, 1.165) is 5.56 Å². The molecule has 0 aliphatic rings. The molecule has 0 amide bonds. The van der Waals surface area contributed by atoms with Crippen molar-refractivity contribution in [3.05, 3.63) is 58.6 Å². The summed E-state index contributed by atoms with van der Waals surface area (Å²) in [5.74, 6) is 0.148. The molecule has 0 atom stereocenters. The predicted octanol–water partition coefficient (Wildman–Crippen LogP) is 5.33. The molecule has 2 aromatic rings. The number of hydrogen-bond donors (Lipinski definition) is 0. The highest BCUT2D eigenvalue weighted by Crippen LogP contribution is 2.33. The number of halogens is 4. The Bertz CT molecular complexity index is 796. The van der Waals surface area contributed by atoms with Crippen LogP contribution in [-0.4, -0.2) is 12.2 Å². The molecule has 0 radical (unpaired) electrons. The summed E-state index contributed by atoms with van der Waals surface area (Å²) >= 11 is 23.1. The van der Waals surface area contributed by atoms with Gasteiger partial charge in [-0.3, -0.25) is 0 Å². The van der Waals surface area contributed by atoms with Crippen LogP contribution in [0.1, 0.15) is 11.1 Å². The van der Waals surface area contributed by atoms with Crippen molar-refractivity contribution in [2.75, 3.05) is 0 Å². The van der Waals surface area contributed by atoms with Gasteiger partial charge in [-0.2, -0.15) is 8.42 Å². The van der Waals surface area contributed by atoms with Crippen LogP contribution in [0.5, 0.6) is 5.75 Å². The SMILES string of the molecule is Cc1ccc(OS(=O)(=O)c2ccc(Cl)cc2)cc1CC(Cl)(Cl)Cl. The molecule has 0 fully saturated rings. The van der Waals surface area contributed by atoms with Gasteiger partial charge in [0.25, 0.3) is 0 Å². The molecule has 0 aliphatic carbocycles. The van der Waals surface area contributed by atoms with Crippen molar-refractivity contribution in [1.29, 1.82) is 0 Å². The standard InChI is InChI=1S/C15H12Cl4O3S/c1-10-2-5-13(8-11(10)9-15(17,18)19)22-23(20,21)14-6-3-12(16)4-7-14/h2-8H,9H2,1H3. The molecule has 0 bridgehead atoms. The average molecular weight is 414 g/mol. The number of benzene rings is 2. The molecular formula is C15H12Cl4O3S. The zero-order chi connectivity index (χ0) is 17.3. The van der Waals surface area contributed by atoms with Crippen molar-refractivity contribution in [2.45, 2.75) is 22.0 Å². The molecule has 0 spiro atoms. The average Bonchev–Trinajstić information content (AvgIpc) is 2.41. The maximum Gasteiger partial charge on any atom is 0.339 e. The fourth-order valence-corrected chi connectivity index (χ4v) is 3.36. The van der Waals surface area contributed by atoms with Crippen LogP contribution in [0.3, 0.4) is 0 Å². The molecule has 0 aromatic heterocycles. The fraction of sp³-hybridized carbons (Fsp3) is 0.200. The third kappa shape index (κ3) is 5.44. The minimum atomic E-state index is -3.96. The Morgan fingerprint density at radius 1 is 1.04 bits per heavy atom. The van der Waals surface area contributed by atoms with Gasteiger partial charge in [0.05, 0.1) is 0 Å². The van der Waals surface area contributed by atoms with Crippen LogP contribution in [0.4, 0.5) is 0 Å². The van der Waals surface area contributed by atoms with Crippen LogP contribution in [0, 0.1) is 6.92 Å². The van der Waals surface area contributed by atoms with Crippen LogP contribution in [-0.2, 0) is 16.5 Å². The first-order valence-corrected chi connectivity index (χ1v) is 9.35. The van der Waals surface area contributed by atoms with E-state index in [2.05, 4.69) is 0 Å². The van der Waals surface area contributed by atoms with Crippen molar-refractivity contribution < 1.29 is 12.6 Å². The van der Waals surface area contributed by atoms with E-state index in [1.807, 2.05) is 6.92 Å². The smallest absolute Gasteiger partial charge is 0.339 e. The number of aryl methyl sites for hydroxylation is 1. The quantitative estimate of drug-likeness (QED) is 0.502. The Kier molecular flexibility index (Phi) is 5.75.